The van der Waals surface area contributed by atoms with Crippen LogP contribution in [-0.2, 0) is 30.6 Å². The number of ether oxygens (including phenoxy) is 2. The van der Waals surface area contributed by atoms with E-state index in [-0.39, 0.29) is 22.0 Å². The molecule has 54 heavy (non-hydrogen) atoms. The number of carboxylic acids is 1. The molecule has 0 unspecified atom stereocenters. The summed E-state index contributed by atoms with van der Waals surface area (Å²) in [5.41, 5.74) is 8.12. The summed E-state index contributed by atoms with van der Waals surface area (Å²) in [6.45, 7) is 3.76. The third-order valence-electron chi connectivity index (χ3n) is 8.71. The first kappa shape index (κ1) is 41.1. The number of nitrogens with two attached hydrogens (primary N) is 1. The number of alkyl halides is 3. The van der Waals surface area contributed by atoms with Crippen LogP contribution in [0, 0.1) is 5.82 Å². The lowest BCUT2D eigenvalue weighted by Crippen LogP contribution is -2.38. The molecule has 1 saturated heterocycles. The molecule has 1 aromatic heterocycles. The number of sulfone groups is 1. The van der Waals surface area contributed by atoms with E-state index in [4.69, 9.17) is 25.1 Å². The zero-order valence-electron chi connectivity index (χ0n) is 29.7. The maximum Gasteiger partial charge on any atom is 0.490 e. The van der Waals surface area contributed by atoms with Crippen LogP contribution in [0.5, 0.6) is 5.75 Å². The van der Waals surface area contributed by atoms with Gasteiger partial charge in [-0.3, -0.25) is 10.1 Å². The number of fused-ring (bicyclic) bond motifs is 1. The highest BCUT2D eigenvalue weighted by Gasteiger charge is 2.39. The number of methoxy groups -OCH3 is 2. The van der Waals surface area contributed by atoms with Crippen LogP contribution < -0.4 is 21.1 Å². The molecular formula is C36H39F4N5O8S. The Hall–Kier alpha value is -5.65. The van der Waals surface area contributed by atoms with Crippen LogP contribution in [-0.4, -0.2) is 74.1 Å². The summed E-state index contributed by atoms with van der Waals surface area (Å²) in [5.74, 6) is -3.69. The van der Waals surface area contributed by atoms with Gasteiger partial charge in [-0.15, -0.1) is 0 Å². The van der Waals surface area contributed by atoms with Gasteiger partial charge in [0.2, 0.25) is 5.91 Å². The van der Waals surface area contributed by atoms with E-state index in [1.165, 1.54) is 26.4 Å². The Kier molecular flexibility index (Phi) is 12.9. The normalized spacial score (nSPS) is 14.8. The number of benzene rings is 3. The number of hydrogen-bond donors (Lipinski definition) is 4. The van der Waals surface area contributed by atoms with Gasteiger partial charge in [0.25, 0.3) is 0 Å². The smallest absolute Gasteiger partial charge is 0.490 e. The monoisotopic (exact) mass is 777 g/mol. The van der Waals surface area contributed by atoms with Gasteiger partial charge in [0.1, 0.15) is 11.9 Å². The average molecular weight is 778 g/mol. The molecule has 0 aliphatic carbocycles. The highest BCUT2D eigenvalue weighted by atomic mass is 32.2. The fourth-order valence-corrected chi connectivity index (χ4v) is 7.13. The summed E-state index contributed by atoms with van der Waals surface area (Å²) >= 11 is 0. The summed E-state index contributed by atoms with van der Waals surface area (Å²) in [6, 6.07) is 13.0. The SMILES string of the molecule is CCc1cc(OC)c(F)c([C@@H](Nc2ccc3c(N)nccc3c2)C(=O)N2CCC[C@@H]2c2cc(NC(=O)OC)ccc2S(=O)(=O)CC)c1.O=C(O)C(F)(F)F. The number of nitrogens with one attached hydrogen (secondary N) is 2. The summed E-state index contributed by atoms with van der Waals surface area (Å²) in [4.78, 5) is 41.4. The number of pyridine rings is 1. The number of amides is 2. The van der Waals surface area contributed by atoms with Gasteiger partial charge < -0.3 is 30.5 Å². The minimum absolute atomic E-state index is 0.00666. The van der Waals surface area contributed by atoms with E-state index in [1.54, 1.807) is 54.4 Å². The number of aryl methyl sites for hydroxylation is 1. The lowest BCUT2D eigenvalue weighted by molar-refractivity contribution is -0.192. The molecule has 0 radical (unpaired) electrons. The number of rotatable bonds is 10. The van der Waals surface area contributed by atoms with Crippen molar-refractivity contribution in [2.75, 3.05) is 42.9 Å². The van der Waals surface area contributed by atoms with Crippen LogP contribution in [0.25, 0.3) is 10.8 Å². The molecule has 2 atom stereocenters. The van der Waals surface area contributed by atoms with Crippen molar-refractivity contribution in [3.05, 3.63) is 83.3 Å². The van der Waals surface area contributed by atoms with Crippen molar-refractivity contribution >= 4 is 55.8 Å². The van der Waals surface area contributed by atoms with Crippen LogP contribution in [0.4, 0.5) is 39.5 Å². The molecule has 0 saturated carbocycles. The number of halogens is 4. The van der Waals surface area contributed by atoms with Crippen molar-refractivity contribution in [1.82, 2.24) is 9.88 Å². The Bertz CT molecular complexity index is 2150. The zero-order valence-corrected chi connectivity index (χ0v) is 30.5. The number of carbonyl (C=O) groups is 3. The van der Waals surface area contributed by atoms with E-state index in [0.29, 0.717) is 48.6 Å². The second kappa shape index (κ2) is 17.0. The number of carboxylic acid groups (broad SMARTS) is 1. The van der Waals surface area contributed by atoms with Crippen LogP contribution >= 0.6 is 0 Å². The molecule has 5 rings (SSSR count). The molecule has 1 aliphatic heterocycles. The van der Waals surface area contributed by atoms with E-state index < -0.39 is 51.9 Å². The first-order valence-corrected chi connectivity index (χ1v) is 18.2. The molecule has 3 aromatic carbocycles. The minimum Gasteiger partial charge on any atom is -0.494 e. The number of nitrogens with zero attached hydrogens (tertiary/aromatic N) is 2. The largest absolute Gasteiger partial charge is 0.494 e. The first-order valence-electron chi connectivity index (χ1n) is 16.5. The van der Waals surface area contributed by atoms with Crippen molar-refractivity contribution < 1.29 is 54.9 Å². The van der Waals surface area contributed by atoms with Crippen LogP contribution in [0.1, 0.15) is 55.5 Å². The Morgan fingerprint density at radius 2 is 1.74 bits per heavy atom. The number of aliphatic carboxylic acids is 1. The minimum atomic E-state index is -5.08. The van der Waals surface area contributed by atoms with Gasteiger partial charge in [0, 0.05) is 35.1 Å². The van der Waals surface area contributed by atoms with E-state index in [0.717, 1.165) is 16.3 Å². The second-order valence-electron chi connectivity index (χ2n) is 12.0. The average Bonchev–Trinajstić information content (AvgIpc) is 3.64. The molecule has 0 bridgehead atoms. The predicted molar refractivity (Wildman–Crippen MR) is 192 cm³/mol. The van der Waals surface area contributed by atoms with Crippen molar-refractivity contribution in [3.63, 3.8) is 0 Å². The topological polar surface area (TPSA) is 190 Å². The lowest BCUT2D eigenvalue weighted by Gasteiger charge is -2.32. The first-order chi connectivity index (χ1) is 25.4. The second-order valence-corrected chi connectivity index (χ2v) is 14.3. The van der Waals surface area contributed by atoms with Crippen molar-refractivity contribution in [1.29, 1.82) is 0 Å². The molecule has 2 amide bonds. The van der Waals surface area contributed by atoms with Crippen molar-refractivity contribution in [2.24, 2.45) is 0 Å². The zero-order chi connectivity index (χ0) is 40.0. The van der Waals surface area contributed by atoms with E-state index in [2.05, 4.69) is 15.6 Å². The fourth-order valence-electron chi connectivity index (χ4n) is 5.99. The van der Waals surface area contributed by atoms with Gasteiger partial charge in [-0.2, -0.15) is 13.2 Å². The van der Waals surface area contributed by atoms with Gasteiger partial charge in [-0.1, -0.05) is 19.9 Å². The van der Waals surface area contributed by atoms with Gasteiger partial charge >= 0.3 is 18.2 Å². The molecule has 13 nitrogen and oxygen atoms in total. The van der Waals surface area contributed by atoms with E-state index >= 15 is 4.39 Å². The number of anilines is 3. The van der Waals surface area contributed by atoms with Gasteiger partial charge in [0.05, 0.1) is 30.9 Å². The van der Waals surface area contributed by atoms with Crippen LogP contribution in [0.3, 0.4) is 0 Å². The number of nitrogen functional groups attached to an aromatic ring is 1. The quantitative estimate of drug-likeness (QED) is 0.126. The predicted octanol–water partition coefficient (Wildman–Crippen LogP) is 6.65. The summed E-state index contributed by atoms with van der Waals surface area (Å²) < 4.78 is 84.4. The summed E-state index contributed by atoms with van der Waals surface area (Å²) in [6.07, 6.45) is -2.63. The fraction of sp³-hybridized carbons (Fsp3) is 0.333. The maximum atomic E-state index is 16.1. The standard InChI is InChI=1S/C34H38FN5O6S.C2HF3O2/c1-5-20-16-26(30(35)28(17-20)45-3)31(38-22-9-11-24-21(18-22)13-14-37-32(24)36)33(41)40-15-7-8-27(40)25-19-23(39-34(42)46-4)10-12-29(25)47(43,44)6-2;3-2(4,5)1(6)7/h9-14,16-19,27,31,38H,5-8,15H2,1-4H3,(H2,36,37)(H,39,42);(H,6,7)/t27-,31-;/m1./s1. The Morgan fingerprint density at radius 1 is 1.06 bits per heavy atom. The molecule has 18 heteroatoms. The van der Waals surface area contributed by atoms with Crippen molar-refractivity contribution in [3.8, 4) is 5.75 Å². The summed E-state index contributed by atoms with van der Waals surface area (Å²) in [5, 5.41) is 14.5. The third-order valence-corrected chi connectivity index (χ3v) is 10.5. The molecule has 1 fully saturated rings. The Morgan fingerprint density at radius 3 is 2.35 bits per heavy atom. The van der Waals surface area contributed by atoms with Crippen molar-refractivity contribution in [2.45, 2.75) is 56.3 Å². The van der Waals surface area contributed by atoms with Crippen LogP contribution in [0.15, 0.2) is 65.7 Å². The number of hydrogen-bond acceptors (Lipinski definition) is 10. The molecule has 0 spiro atoms. The number of likely N-dealkylation sites (tertiary alicyclic amines) is 1. The van der Waals surface area contributed by atoms with Gasteiger partial charge in [0.15, 0.2) is 21.4 Å². The summed E-state index contributed by atoms with van der Waals surface area (Å²) in [7, 11) is -1.13. The highest BCUT2D eigenvalue weighted by Crippen LogP contribution is 2.41. The molecule has 1 aliphatic rings. The van der Waals surface area contributed by atoms with Gasteiger partial charge in [-0.25, -0.2) is 27.4 Å². The molecule has 290 valence electrons. The third kappa shape index (κ3) is 9.28. The molecule has 4 aromatic rings. The van der Waals surface area contributed by atoms with E-state index in [1.807, 2.05) is 13.0 Å². The maximum absolute atomic E-state index is 16.1. The molecular weight excluding hydrogens is 738 g/mol. The Labute approximate surface area is 308 Å². The van der Waals surface area contributed by atoms with Gasteiger partial charge in [-0.05, 0) is 84.3 Å². The highest BCUT2D eigenvalue weighted by molar-refractivity contribution is 7.91. The Balaban J connectivity index is 0.000000845. The van der Waals surface area contributed by atoms with Crippen LogP contribution in [0.2, 0.25) is 0 Å². The number of aromatic nitrogens is 1. The number of carbonyl (C=O) groups excluding carboxylic acids is 2. The van der Waals surface area contributed by atoms with E-state index in [9.17, 15) is 31.2 Å². The molecule has 2 heterocycles. The lowest BCUT2D eigenvalue weighted by atomic mass is 9.98. The molecule has 5 N–H and O–H groups in total.